The van der Waals surface area contributed by atoms with Gasteiger partial charge in [0.2, 0.25) is 0 Å². The molecule has 5 rings (SSSR count). The van der Waals surface area contributed by atoms with Crippen molar-refractivity contribution in [1.29, 1.82) is 0 Å². The van der Waals surface area contributed by atoms with E-state index < -0.39 is 11.8 Å². The van der Waals surface area contributed by atoms with E-state index >= 15 is 0 Å². The van der Waals surface area contributed by atoms with Crippen molar-refractivity contribution in [3.63, 3.8) is 0 Å². The molecular formula is C29H26FNO5. The predicted octanol–water partition coefficient (Wildman–Crippen LogP) is 6.70. The van der Waals surface area contributed by atoms with Crippen LogP contribution in [0, 0.1) is 11.7 Å². The Morgan fingerprint density at radius 1 is 1.08 bits per heavy atom. The van der Waals surface area contributed by atoms with Crippen LogP contribution in [-0.2, 0) is 11.4 Å². The third kappa shape index (κ3) is 5.10. The number of carboxylic acids is 1. The molecule has 0 unspecified atom stereocenters. The SMILES string of the molecule is COc1ccc(F)c(-c2onc(COc3cccc([C@@H](CC(=O)O)C4CC4)c3)c2-c2ccccc2)c1. The fourth-order valence-corrected chi connectivity index (χ4v) is 4.54. The van der Waals surface area contributed by atoms with E-state index in [1.165, 1.54) is 13.2 Å². The summed E-state index contributed by atoms with van der Waals surface area (Å²) in [7, 11) is 1.52. The summed E-state index contributed by atoms with van der Waals surface area (Å²) in [4.78, 5) is 11.4. The van der Waals surface area contributed by atoms with Gasteiger partial charge in [0.05, 0.1) is 24.7 Å². The first-order valence-corrected chi connectivity index (χ1v) is 11.9. The molecule has 1 aliphatic carbocycles. The molecule has 0 spiro atoms. The average Bonchev–Trinajstić information content (AvgIpc) is 3.65. The average molecular weight is 488 g/mol. The molecule has 0 saturated heterocycles. The van der Waals surface area contributed by atoms with E-state index in [0.29, 0.717) is 34.4 Å². The quantitative estimate of drug-likeness (QED) is 0.268. The molecule has 1 fully saturated rings. The number of nitrogens with zero attached hydrogens (tertiary/aromatic N) is 1. The first-order valence-electron chi connectivity index (χ1n) is 11.9. The van der Waals surface area contributed by atoms with Crippen LogP contribution >= 0.6 is 0 Å². The Kier molecular flexibility index (Phi) is 6.71. The summed E-state index contributed by atoms with van der Waals surface area (Å²) in [5.74, 6) is 0.528. The molecule has 0 bridgehead atoms. The zero-order valence-corrected chi connectivity index (χ0v) is 19.8. The molecule has 7 heteroatoms. The van der Waals surface area contributed by atoms with Crippen LogP contribution in [0.5, 0.6) is 11.5 Å². The Morgan fingerprint density at radius 3 is 2.61 bits per heavy atom. The molecule has 1 aliphatic rings. The van der Waals surface area contributed by atoms with Gasteiger partial charge in [-0.2, -0.15) is 0 Å². The number of carboxylic acid groups (broad SMARTS) is 1. The Balaban J connectivity index is 1.46. The maximum Gasteiger partial charge on any atom is 0.303 e. The minimum Gasteiger partial charge on any atom is -0.497 e. The minimum absolute atomic E-state index is 0.0272. The lowest BCUT2D eigenvalue weighted by atomic mass is 9.91. The van der Waals surface area contributed by atoms with Crippen molar-refractivity contribution in [2.45, 2.75) is 31.8 Å². The molecule has 1 aromatic heterocycles. The van der Waals surface area contributed by atoms with Gasteiger partial charge < -0.3 is 19.1 Å². The normalized spacial score (nSPS) is 13.8. The summed E-state index contributed by atoms with van der Waals surface area (Å²) < 4.78 is 31.8. The second-order valence-corrected chi connectivity index (χ2v) is 8.95. The second-order valence-electron chi connectivity index (χ2n) is 8.95. The third-order valence-corrected chi connectivity index (χ3v) is 6.49. The minimum atomic E-state index is -0.800. The summed E-state index contributed by atoms with van der Waals surface area (Å²) in [6.45, 7) is 0.0930. The van der Waals surface area contributed by atoms with E-state index in [9.17, 15) is 14.3 Å². The Labute approximate surface area is 208 Å². The number of carbonyl (C=O) groups is 1. The van der Waals surface area contributed by atoms with Gasteiger partial charge in [0.15, 0.2) is 5.76 Å². The predicted molar refractivity (Wildman–Crippen MR) is 132 cm³/mol. The molecular weight excluding hydrogens is 461 g/mol. The largest absolute Gasteiger partial charge is 0.497 e. The molecule has 4 aromatic rings. The van der Waals surface area contributed by atoms with Crippen molar-refractivity contribution in [3.05, 3.63) is 89.9 Å². The maximum atomic E-state index is 14.8. The number of aliphatic carboxylic acids is 1. The number of halogens is 1. The lowest BCUT2D eigenvalue weighted by Crippen LogP contribution is -2.08. The Bertz CT molecular complexity index is 1360. The van der Waals surface area contributed by atoms with E-state index in [4.69, 9.17) is 14.0 Å². The van der Waals surface area contributed by atoms with Crippen molar-refractivity contribution in [2.75, 3.05) is 7.11 Å². The number of methoxy groups -OCH3 is 1. The molecule has 0 radical (unpaired) electrons. The highest BCUT2D eigenvalue weighted by molar-refractivity contribution is 5.82. The van der Waals surface area contributed by atoms with Gasteiger partial charge in [0.25, 0.3) is 0 Å². The number of ether oxygens (including phenoxy) is 2. The molecule has 1 saturated carbocycles. The summed E-state index contributed by atoms with van der Waals surface area (Å²) >= 11 is 0. The molecule has 36 heavy (non-hydrogen) atoms. The molecule has 0 aliphatic heterocycles. The molecule has 1 heterocycles. The monoisotopic (exact) mass is 487 g/mol. The number of hydrogen-bond donors (Lipinski definition) is 1. The van der Waals surface area contributed by atoms with E-state index in [2.05, 4.69) is 5.16 Å². The molecule has 1 atom stereocenters. The molecule has 184 valence electrons. The smallest absolute Gasteiger partial charge is 0.303 e. The third-order valence-electron chi connectivity index (χ3n) is 6.49. The van der Waals surface area contributed by atoms with Crippen molar-refractivity contribution < 1.29 is 28.3 Å². The van der Waals surface area contributed by atoms with Gasteiger partial charge in [-0.3, -0.25) is 4.79 Å². The summed E-state index contributed by atoms with van der Waals surface area (Å²) in [5, 5.41) is 13.6. The van der Waals surface area contributed by atoms with Crippen molar-refractivity contribution in [1.82, 2.24) is 5.16 Å². The van der Waals surface area contributed by atoms with Crippen LogP contribution in [0.3, 0.4) is 0 Å². The lowest BCUT2D eigenvalue weighted by Gasteiger charge is -2.16. The molecule has 3 aromatic carbocycles. The summed E-state index contributed by atoms with van der Waals surface area (Å²) in [6, 6.07) is 21.5. The van der Waals surface area contributed by atoms with Gasteiger partial charge in [0.1, 0.15) is 29.6 Å². The second kappa shape index (κ2) is 10.2. The van der Waals surface area contributed by atoms with Crippen LogP contribution in [-0.4, -0.2) is 23.3 Å². The standard InChI is InChI=1S/C29H26FNO5/c1-34-21-12-13-25(30)24(15-21)29-28(19-6-3-2-4-7-19)26(31-36-29)17-35-22-9-5-8-20(14-22)23(16-27(32)33)18-10-11-18/h2-9,12-15,18,23H,10-11,16-17H2,1H3,(H,32,33)/t23-/m0/s1. The van der Waals surface area contributed by atoms with Crippen LogP contribution in [0.1, 0.15) is 36.4 Å². The fourth-order valence-electron chi connectivity index (χ4n) is 4.54. The van der Waals surface area contributed by atoms with E-state index in [1.54, 1.807) is 12.1 Å². The summed E-state index contributed by atoms with van der Waals surface area (Å²) in [5.41, 5.74) is 3.18. The van der Waals surface area contributed by atoms with Crippen LogP contribution < -0.4 is 9.47 Å². The van der Waals surface area contributed by atoms with Gasteiger partial charge in [-0.25, -0.2) is 4.39 Å². The highest BCUT2D eigenvalue weighted by atomic mass is 19.1. The maximum absolute atomic E-state index is 14.8. The molecule has 1 N–H and O–H groups in total. The van der Waals surface area contributed by atoms with Gasteiger partial charge in [0, 0.05) is 0 Å². The van der Waals surface area contributed by atoms with Crippen LogP contribution in [0.4, 0.5) is 4.39 Å². The molecule has 0 amide bonds. The first kappa shape index (κ1) is 23.6. The van der Waals surface area contributed by atoms with Gasteiger partial charge in [-0.15, -0.1) is 0 Å². The Morgan fingerprint density at radius 2 is 1.89 bits per heavy atom. The van der Waals surface area contributed by atoms with E-state index in [1.807, 2.05) is 54.6 Å². The van der Waals surface area contributed by atoms with Gasteiger partial charge in [-0.05, 0) is 66.1 Å². The van der Waals surface area contributed by atoms with Crippen LogP contribution in [0.2, 0.25) is 0 Å². The van der Waals surface area contributed by atoms with Gasteiger partial charge >= 0.3 is 5.97 Å². The number of benzene rings is 3. The molecule has 6 nitrogen and oxygen atoms in total. The summed E-state index contributed by atoms with van der Waals surface area (Å²) in [6.07, 6.45) is 2.20. The van der Waals surface area contributed by atoms with Crippen molar-refractivity contribution in [2.24, 2.45) is 5.92 Å². The highest BCUT2D eigenvalue weighted by Gasteiger charge is 2.34. The zero-order chi connectivity index (χ0) is 25.1. The zero-order valence-electron chi connectivity index (χ0n) is 19.8. The number of rotatable bonds is 10. The Hall–Kier alpha value is -4.13. The van der Waals surface area contributed by atoms with E-state index in [0.717, 1.165) is 24.0 Å². The first-order chi connectivity index (χ1) is 17.5. The van der Waals surface area contributed by atoms with Crippen LogP contribution in [0.15, 0.2) is 77.3 Å². The van der Waals surface area contributed by atoms with Crippen LogP contribution in [0.25, 0.3) is 22.5 Å². The fraction of sp³-hybridized carbons (Fsp3) is 0.241. The van der Waals surface area contributed by atoms with Crippen molar-refractivity contribution in [3.8, 4) is 33.9 Å². The highest BCUT2D eigenvalue weighted by Crippen LogP contribution is 2.45. The number of hydrogen-bond acceptors (Lipinski definition) is 5. The topological polar surface area (TPSA) is 81.8 Å². The van der Waals surface area contributed by atoms with Gasteiger partial charge in [-0.1, -0.05) is 47.6 Å². The lowest BCUT2D eigenvalue weighted by molar-refractivity contribution is -0.137. The van der Waals surface area contributed by atoms with Crippen molar-refractivity contribution >= 4 is 5.97 Å². The van der Waals surface area contributed by atoms with E-state index in [-0.39, 0.29) is 24.5 Å². The number of aromatic nitrogens is 1.